The first-order valence-corrected chi connectivity index (χ1v) is 19.1. The maximum atomic E-state index is 9.90. The summed E-state index contributed by atoms with van der Waals surface area (Å²) in [7, 11) is 0. The van der Waals surface area contributed by atoms with Gasteiger partial charge in [0.05, 0.1) is 52.4 Å². The zero-order valence-corrected chi connectivity index (χ0v) is 32.1. The van der Waals surface area contributed by atoms with E-state index in [9.17, 15) is 15.1 Å². The maximum Gasteiger partial charge on any atom is 0.0645 e. The van der Waals surface area contributed by atoms with Crippen molar-refractivity contribution in [1.82, 2.24) is 4.57 Å². The summed E-state index contributed by atoms with van der Waals surface area (Å²) in [6.07, 6.45) is 0. The van der Waals surface area contributed by atoms with Gasteiger partial charge in [-0.25, -0.2) is 0 Å². The number of anilines is 3. The fourth-order valence-corrected chi connectivity index (χ4v) is 7.38. The summed E-state index contributed by atoms with van der Waals surface area (Å²) >= 11 is 0. The van der Waals surface area contributed by atoms with Crippen LogP contribution in [0.2, 0.25) is 0 Å². The lowest BCUT2D eigenvalue weighted by Gasteiger charge is -2.27. The Morgan fingerprint density at radius 3 is 1.53 bits per heavy atom. The number of rotatable bonds is 9. The summed E-state index contributed by atoms with van der Waals surface area (Å²) < 4.78 is 238. The van der Waals surface area contributed by atoms with Crippen LogP contribution in [-0.4, -0.2) is 4.57 Å². The molecule has 292 valence electrons. The third-order valence-electron chi connectivity index (χ3n) is 10.2. The molecule has 1 aromatic heterocycles. The first-order chi connectivity index (χ1) is 41.6. The molecule has 0 radical (unpaired) electrons. The molecule has 10 aromatic carbocycles. The van der Waals surface area contributed by atoms with Gasteiger partial charge in [0.15, 0.2) is 0 Å². The molecule has 0 aliphatic carbocycles. The van der Waals surface area contributed by atoms with E-state index in [-0.39, 0.29) is 17.2 Å². The molecule has 11 rings (SSSR count). The van der Waals surface area contributed by atoms with Gasteiger partial charge < -0.3 is 9.47 Å². The van der Waals surface area contributed by atoms with Gasteiger partial charge in [-0.15, -0.1) is 0 Å². The number of nitrogens with zero attached hydrogens (tertiary/aromatic N) is 2. The summed E-state index contributed by atoms with van der Waals surface area (Å²) in [6, 6.07) is 3.83. The van der Waals surface area contributed by atoms with Crippen LogP contribution in [0.3, 0.4) is 0 Å². The summed E-state index contributed by atoms with van der Waals surface area (Å²) in [5.41, 5.74) is -4.16. The highest BCUT2D eigenvalue weighted by Gasteiger charge is 2.19. The molecule has 1 heterocycles. The van der Waals surface area contributed by atoms with Crippen molar-refractivity contribution < 1.29 is 35.6 Å². The molecule has 62 heavy (non-hydrogen) atoms. The first kappa shape index (κ1) is 18.6. The van der Waals surface area contributed by atoms with Gasteiger partial charge in [-0.2, -0.15) is 0 Å². The van der Waals surface area contributed by atoms with Crippen molar-refractivity contribution in [2.75, 3.05) is 4.90 Å². The van der Waals surface area contributed by atoms with Gasteiger partial charge in [0.1, 0.15) is 0 Å². The average molecular weight is 817 g/mol. The van der Waals surface area contributed by atoms with Crippen LogP contribution in [0.25, 0.3) is 83.1 Å². The van der Waals surface area contributed by atoms with Gasteiger partial charge in [-0.1, -0.05) is 194 Å². The van der Waals surface area contributed by atoms with Crippen molar-refractivity contribution in [3.8, 4) is 61.3 Å². The lowest BCUT2D eigenvalue weighted by Crippen LogP contribution is -2.10. The van der Waals surface area contributed by atoms with Crippen LogP contribution in [0.4, 0.5) is 17.1 Å². The zero-order chi connectivity index (χ0) is 63.9. The Kier molecular flexibility index (Phi) is 4.83. The van der Waals surface area contributed by atoms with E-state index < -0.39 is 202 Å². The molecule has 0 fully saturated rings. The molecule has 2 nitrogen and oxygen atoms in total. The smallest absolute Gasteiger partial charge is 0.0645 e. The van der Waals surface area contributed by atoms with Crippen molar-refractivity contribution in [2.45, 2.75) is 0 Å². The summed E-state index contributed by atoms with van der Waals surface area (Å²) in [5.74, 6) is 0. The molecule has 0 aliphatic rings. The molecule has 0 spiro atoms. The minimum atomic E-state index is -1.15. The number of benzene rings is 10. The van der Waals surface area contributed by atoms with Crippen molar-refractivity contribution in [3.05, 3.63) is 254 Å². The normalized spacial score (nSPS) is 17.1. The zero-order valence-electron chi connectivity index (χ0n) is 58.1. The Hall–Kier alpha value is -8.20. The number of hydrogen-bond acceptors (Lipinski definition) is 1. The van der Waals surface area contributed by atoms with E-state index in [1.165, 1.54) is 0 Å². The van der Waals surface area contributed by atoms with Crippen molar-refractivity contribution in [1.29, 1.82) is 0 Å². The average Bonchev–Trinajstić information content (AvgIpc) is 1.89. The Morgan fingerprint density at radius 1 is 0.306 bits per heavy atom. The van der Waals surface area contributed by atoms with E-state index in [1.54, 1.807) is 36.4 Å². The lowest BCUT2D eigenvalue weighted by molar-refractivity contribution is 1.18. The van der Waals surface area contributed by atoms with Crippen molar-refractivity contribution >= 4 is 38.9 Å². The summed E-state index contributed by atoms with van der Waals surface area (Å²) in [6.45, 7) is 0. The molecule has 0 aliphatic heterocycles. The fourth-order valence-electron chi connectivity index (χ4n) is 7.38. The van der Waals surface area contributed by atoms with Crippen LogP contribution in [0.1, 0.15) is 35.6 Å². The largest absolute Gasteiger partial charge is 0.310 e. The van der Waals surface area contributed by atoms with Crippen LogP contribution >= 0.6 is 0 Å². The standard InChI is InChI=1S/C60H42N2/c1-5-17-43(18-6-1)44-29-34-50(35-30-44)61(52-38-39-53(46-19-7-2-8-20-46)56(42-52)48-23-11-4-12-24-48)51-36-31-45(32-37-51)49-33-40-60-57(41-49)55-26-14-16-28-59(55)62(60)58-27-15-13-25-54(58)47-21-9-3-10-22-47/h1-42H/i1D,2D,4D,5D,6D,7D,8D,11D,12D,17D,18D,19D,20D,23D,24D,28D,29D,30D,31D,32D,34D,35D,36D,37D,38D,39D. The molecule has 0 saturated heterocycles. The van der Waals surface area contributed by atoms with Gasteiger partial charge >= 0.3 is 0 Å². The van der Waals surface area contributed by atoms with E-state index in [1.807, 2.05) is 59.2 Å². The second-order valence-electron chi connectivity index (χ2n) is 13.7. The van der Waals surface area contributed by atoms with E-state index in [0.29, 0.717) is 32.4 Å². The SMILES string of the molecule is [2H]c1c(N(c2c([2H])c([2H])c(-c3ccc4c(c3)c3cccc([2H])c3n4-c3ccccc3-c3ccccc3)c([2H])c2[2H])c2c([2H])c([2H])c(-c3c([2H])c([2H])c([2H])c([2H])c3[2H])c([2H])c2[2H])cc(-c2c([2H])c([2H])c([2H])c([2H])c2[2H])c(-c2c([2H])c([2H])c([2H])c([2H])c2[2H])c1[2H]. The van der Waals surface area contributed by atoms with E-state index in [4.69, 9.17) is 20.6 Å². The highest BCUT2D eigenvalue weighted by Crippen LogP contribution is 2.43. The van der Waals surface area contributed by atoms with Crippen LogP contribution < -0.4 is 4.90 Å². The number of aromatic nitrogens is 1. The third kappa shape index (κ3) is 6.84. The van der Waals surface area contributed by atoms with E-state index in [0.717, 1.165) is 17.2 Å². The second-order valence-corrected chi connectivity index (χ2v) is 13.7. The van der Waals surface area contributed by atoms with Gasteiger partial charge in [0.25, 0.3) is 0 Å². The Labute approximate surface area is 399 Å². The van der Waals surface area contributed by atoms with Crippen molar-refractivity contribution in [3.63, 3.8) is 0 Å². The molecule has 0 N–H and O–H groups in total. The molecule has 0 atom stereocenters. The Morgan fingerprint density at radius 2 is 0.855 bits per heavy atom. The number of hydrogen-bond donors (Lipinski definition) is 0. The van der Waals surface area contributed by atoms with Gasteiger partial charge in [-0.3, -0.25) is 0 Å². The minimum Gasteiger partial charge on any atom is -0.310 e. The topological polar surface area (TPSA) is 8.17 Å². The molecule has 2 heteroatoms. The summed E-state index contributed by atoms with van der Waals surface area (Å²) in [5, 5.41) is 1.10. The number of fused-ring (bicyclic) bond motifs is 3. The van der Waals surface area contributed by atoms with Crippen LogP contribution in [0.5, 0.6) is 0 Å². The minimum absolute atomic E-state index is 0.113. The molecule has 0 unspecified atom stereocenters. The van der Waals surface area contributed by atoms with Gasteiger partial charge in [-0.05, 0) is 111 Å². The Balaban J connectivity index is 1.25. The predicted octanol–water partition coefficient (Wildman–Crippen LogP) is 16.6. The van der Waals surface area contributed by atoms with Crippen LogP contribution in [0.15, 0.2) is 254 Å². The molecular formula is C60H42N2. The highest BCUT2D eigenvalue weighted by atomic mass is 15.1. The number of para-hydroxylation sites is 2. The predicted molar refractivity (Wildman–Crippen MR) is 263 cm³/mol. The first-order valence-electron chi connectivity index (χ1n) is 32.1. The second kappa shape index (κ2) is 16.1. The molecule has 0 bridgehead atoms. The quantitative estimate of drug-likeness (QED) is 0.141. The molecule has 0 saturated carbocycles. The van der Waals surface area contributed by atoms with E-state index in [2.05, 4.69) is 0 Å². The third-order valence-corrected chi connectivity index (χ3v) is 10.2. The van der Waals surface area contributed by atoms with E-state index >= 15 is 0 Å². The van der Waals surface area contributed by atoms with Crippen molar-refractivity contribution in [2.24, 2.45) is 0 Å². The molecule has 11 aromatic rings. The van der Waals surface area contributed by atoms with Crippen LogP contribution in [0, 0.1) is 0 Å². The monoisotopic (exact) mass is 816 g/mol. The molecule has 0 amide bonds. The lowest BCUT2D eigenvalue weighted by atomic mass is 9.93. The molecular weight excluding hydrogens is 749 g/mol. The Bertz CT molecular complexity index is 4740. The highest BCUT2D eigenvalue weighted by molar-refractivity contribution is 6.11. The summed E-state index contributed by atoms with van der Waals surface area (Å²) in [4.78, 5) is 0.554. The van der Waals surface area contributed by atoms with Gasteiger partial charge in [0.2, 0.25) is 0 Å². The van der Waals surface area contributed by atoms with Gasteiger partial charge in [0, 0.05) is 33.4 Å². The maximum absolute atomic E-state index is 9.90. The van der Waals surface area contributed by atoms with Crippen LogP contribution in [-0.2, 0) is 0 Å². The fraction of sp³-hybridized carbons (Fsp3) is 0.